The number of alkyl halides is 1. The van der Waals surface area contributed by atoms with Crippen LogP contribution in [-0.4, -0.2) is 7.11 Å². The Labute approximate surface area is 124 Å². The number of methoxy groups -OCH3 is 1. The molecule has 0 saturated heterocycles. The Morgan fingerprint density at radius 1 is 1.00 bits per heavy atom. The van der Waals surface area contributed by atoms with Gasteiger partial charge in [0.25, 0.3) is 0 Å². The van der Waals surface area contributed by atoms with Crippen molar-refractivity contribution in [3.05, 3.63) is 63.7 Å². The zero-order valence-electron chi connectivity index (χ0n) is 11.2. The summed E-state index contributed by atoms with van der Waals surface area (Å²) >= 11 is 12.6. The van der Waals surface area contributed by atoms with E-state index >= 15 is 0 Å². The van der Waals surface area contributed by atoms with Gasteiger partial charge in [0, 0.05) is 10.6 Å². The predicted octanol–water partition coefficient (Wildman–Crippen LogP) is 5.29. The van der Waals surface area contributed by atoms with Crippen molar-refractivity contribution in [2.45, 2.75) is 19.2 Å². The molecule has 2 rings (SSSR count). The van der Waals surface area contributed by atoms with Crippen molar-refractivity contribution in [3.63, 3.8) is 0 Å². The molecule has 3 heteroatoms. The molecular weight excluding hydrogens is 279 g/mol. The molecule has 0 heterocycles. The summed E-state index contributed by atoms with van der Waals surface area (Å²) in [4.78, 5) is 0. The molecule has 0 N–H and O–H groups in total. The molecule has 0 amide bonds. The lowest BCUT2D eigenvalue weighted by molar-refractivity contribution is 0.410. The quantitative estimate of drug-likeness (QED) is 0.699. The Kier molecular flexibility index (Phi) is 4.38. The molecule has 100 valence electrons. The minimum atomic E-state index is -0.243. The molecule has 2 aromatic carbocycles. The van der Waals surface area contributed by atoms with Gasteiger partial charge in [-0.15, -0.1) is 11.6 Å². The molecule has 0 radical (unpaired) electrons. The van der Waals surface area contributed by atoms with Crippen molar-refractivity contribution in [2.75, 3.05) is 7.11 Å². The third kappa shape index (κ3) is 3.05. The maximum absolute atomic E-state index is 6.60. The van der Waals surface area contributed by atoms with E-state index in [9.17, 15) is 0 Å². The Bertz CT molecular complexity index is 593. The molecule has 0 spiro atoms. The molecular formula is C16H16Cl2O. The van der Waals surface area contributed by atoms with E-state index in [4.69, 9.17) is 27.9 Å². The number of benzene rings is 2. The fourth-order valence-electron chi connectivity index (χ4n) is 2.17. The van der Waals surface area contributed by atoms with Crippen LogP contribution in [0.1, 0.15) is 27.6 Å². The zero-order valence-corrected chi connectivity index (χ0v) is 12.7. The highest BCUT2D eigenvalue weighted by Crippen LogP contribution is 2.37. The summed E-state index contributed by atoms with van der Waals surface area (Å²) in [6.45, 7) is 4.14. The summed E-state index contributed by atoms with van der Waals surface area (Å²) in [7, 11) is 1.63. The molecule has 0 fully saturated rings. The first-order valence-corrected chi connectivity index (χ1v) is 6.89. The van der Waals surface area contributed by atoms with E-state index in [0.717, 1.165) is 11.1 Å². The van der Waals surface area contributed by atoms with E-state index in [2.05, 4.69) is 32.0 Å². The molecule has 0 saturated carbocycles. The topological polar surface area (TPSA) is 9.23 Å². The molecule has 2 aromatic rings. The maximum Gasteiger partial charge on any atom is 0.125 e. The van der Waals surface area contributed by atoms with Crippen molar-refractivity contribution in [1.82, 2.24) is 0 Å². The van der Waals surface area contributed by atoms with Gasteiger partial charge >= 0.3 is 0 Å². The van der Waals surface area contributed by atoms with Crippen LogP contribution in [0.2, 0.25) is 5.02 Å². The monoisotopic (exact) mass is 294 g/mol. The van der Waals surface area contributed by atoms with Crippen LogP contribution in [0.25, 0.3) is 0 Å². The molecule has 0 aromatic heterocycles. The van der Waals surface area contributed by atoms with Crippen LogP contribution in [0, 0.1) is 13.8 Å². The van der Waals surface area contributed by atoms with Crippen LogP contribution >= 0.6 is 23.2 Å². The summed E-state index contributed by atoms with van der Waals surface area (Å²) in [5, 5.41) is 0.401. The van der Waals surface area contributed by atoms with Crippen molar-refractivity contribution in [3.8, 4) is 5.75 Å². The lowest BCUT2D eigenvalue weighted by Crippen LogP contribution is -2.00. The second-order valence-electron chi connectivity index (χ2n) is 4.61. The highest BCUT2D eigenvalue weighted by Gasteiger charge is 2.17. The van der Waals surface area contributed by atoms with Crippen molar-refractivity contribution >= 4 is 23.2 Å². The van der Waals surface area contributed by atoms with Crippen LogP contribution in [-0.2, 0) is 0 Å². The van der Waals surface area contributed by atoms with E-state index in [1.165, 1.54) is 11.1 Å². The summed E-state index contributed by atoms with van der Waals surface area (Å²) in [5.41, 5.74) is 4.43. The fraction of sp³-hybridized carbons (Fsp3) is 0.250. The zero-order chi connectivity index (χ0) is 14.0. The molecule has 0 bridgehead atoms. The number of halogens is 2. The van der Waals surface area contributed by atoms with E-state index in [-0.39, 0.29) is 5.38 Å². The van der Waals surface area contributed by atoms with Gasteiger partial charge < -0.3 is 4.74 Å². The van der Waals surface area contributed by atoms with Crippen LogP contribution in [0.15, 0.2) is 36.4 Å². The summed E-state index contributed by atoms with van der Waals surface area (Å²) in [5.74, 6) is 0.715. The minimum Gasteiger partial charge on any atom is -0.496 e. The van der Waals surface area contributed by atoms with Crippen LogP contribution in [0.3, 0.4) is 0 Å². The predicted molar refractivity (Wildman–Crippen MR) is 81.6 cm³/mol. The Hall–Kier alpha value is -1.18. The van der Waals surface area contributed by atoms with E-state index < -0.39 is 0 Å². The van der Waals surface area contributed by atoms with Crippen molar-refractivity contribution in [2.24, 2.45) is 0 Å². The van der Waals surface area contributed by atoms with Gasteiger partial charge in [0.05, 0.1) is 12.5 Å². The average Bonchev–Trinajstić information content (AvgIpc) is 2.37. The van der Waals surface area contributed by atoms with Crippen molar-refractivity contribution in [1.29, 1.82) is 0 Å². The molecule has 1 atom stereocenters. The first kappa shape index (κ1) is 14.2. The van der Waals surface area contributed by atoms with Gasteiger partial charge in [-0.25, -0.2) is 0 Å². The van der Waals surface area contributed by atoms with Crippen molar-refractivity contribution < 1.29 is 4.74 Å². The molecule has 1 unspecified atom stereocenters. The second-order valence-corrected chi connectivity index (χ2v) is 5.48. The van der Waals surface area contributed by atoms with Gasteiger partial charge in [0.15, 0.2) is 0 Å². The SMILES string of the molecule is COc1cc(Cl)ccc1C(Cl)c1ccc(C)cc1C. The van der Waals surface area contributed by atoms with Crippen LogP contribution in [0.5, 0.6) is 5.75 Å². The Morgan fingerprint density at radius 3 is 2.32 bits per heavy atom. The number of hydrogen-bond acceptors (Lipinski definition) is 1. The van der Waals surface area contributed by atoms with Gasteiger partial charge in [0.2, 0.25) is 0 Å². The molecule has 1 nitrogen and oxygen atoms in total. The normalized spacial score (nSPS) is 12.3. The largest absolute Gasteiger partial charge is 0.496 e. The fourth-order valence-corrected chi connectivity index (χ4v) is 2.76. The van der Waals surface area contributed by atoms with Crippen LogP contribution in [0.4, 0.5) is 0 Å². The lowest BCUT2D eigenvalue weighted by Gasteiger charge is -2.17. The number of hydrogen-bond donors (Lipinski definition) is 0. The lowest BCUT2D eigenvalue weighted by atomic mass is 9.98. The Morgan fingerprint density at radius 2 is 1.68 bits per heavy atom. The number of rotatable bonds is 3. The second kappa shape index (κ2) is 5.85. The highest BCUT2D eigenvalue weighted by atomic mass is 35.5. The maximum atomic E-state index is 6.60. The average molecular weight is 295 g/mol. The highest BCUT2D eigenvalue weighted by molar-refractivity contribution is 6.30. The first-order chi connectivity index (χ1) is 9.02. The van der Waals surface area contributed by atoms with E-state index in [1.54, 1.807) is 13.2 Å². The third-order valence-corrected chi connectivity index (χ3v) is 3.87. The number of ether oxygens (including phenoxy) is 1. The van der Waals surface area contributed by atoms with Gasteiger partial charge in [0.1, 0.15) is 5.75 Å². The van der Waals surface area contributed by atoms with Gasteiger partial charge in [-0.05, 0) is 37.1 Å². The molecule has 0 aliphatic carbocycles. The summed E-state index contributed by atoms with van der Waals surface area (Å²) in [6, 6.07) is 11.8. The molecule has 19 heavy (non-hydrogen) atoms. The third-order valence-electron chi connectivity index (χ3n) is 3.17. The van der Waals surface area contributed by atoms with Gasteiger partial charge in [-0.3, -0.25) is 0 Å². The van der Waals surface area contributed by atoms with Crippen LogP contribution < -0.4 is 4.74 Å². The molecule has 0 aliphatic heterocycles. The van der Waals surface area contributed by atoms with E-state index in [0.29, 0.717) is 10.8 Å². The number of aryl methyl sites for hydroxylation is 2. The summed E-state index contributed by atoms with van der Waals surface area (Å²) < 4.78 is 5.36. The molecule has 0 aliphatic rings. The Balaban J connectivity index is 2.46. The van der Waals surface area contributed by atoms with Gasteiger partial charge in [-0.2, -0.15) is 0 Å². The van der Waals surface area contributed by atoms with Gasteiger partial charge in [-0.1, -0.05) is 41.4 Å². The summed E-state index contributed by atoms with van der Waals surface area (Å²) in [6.07, 6.45) is 0. The smallest absolute Gasteiger partial charge is 0.125 e. The van der Waals surface area contributed by atoms with E-state index in [1.807, 2.05) is 12.1 Å². The standard InChI is InChI=1S/C16H16Cl2O/c1-10-4-6-13(11(2)8-10)16(18)14-7-5-12(17)9-15(14)19-3/h4-9,16H,1-3H3. The first-order valence-electron chi connectivity index (χ1n) is 6.07. The minimum absolute atomic E-state index is 0.243.